The van der Waals surface area contributed by atoms with Gasteiger partial charge in [-0.05, 0) is 35.9 Å². The summed E-state index contributed by atoms with van der Waals surface area (Å²) < 4.78 is 28.4. The molecular weight excluding hydrogens is 398 g/mol. The SMILES string of the molecule is CN(C)c1cc2c(cc1-c1cccc(F)c1F)NC(=O)CC(c1cccc(C#N)c1)=N2. The monoisotopic (exact) mass is 416 g/mol. The van der Waals surface area contributed by atoms with Gasteiger partial charge in [-0.3, -0.25) is 9.79 Å². The fraction of sp³-hybridized carbons (Fsp3) is 0.125. The van der Waals surface area contributed by atoms with Crippen LogP contribution < -0.4 is 10.2 Å². The van der Waals surface area contributed by atoms with Gasteiger partial charge < -0.3 is 10.2 Å². The maximum atomic E-state index is 14.5. The molecule has 1 aliphatic heterocycles. The first-order chi connectivity index (χ1) is 14.9. The molecule has 154 valence electrons. The van der Waals surface area contributed by atoms with Crippen molar-refractivity contribution in [3.63, 3.8) is 0 Å². The molecule has 0 radical (unpaired) electrons. The standard InChI is InChI=1S/C24H18F2N4O/c1-30(2)22-11-21-20(10-17(22)16-7-4-8-18(25)24(16)26)29-23(31)12-19(28-21)15-6-3-5-14(9-15)13-27/h3-11H,12H2,1-2H3,(H,29,31). The first-order valence-corrected chi connectivity index (χ1v) is 9.55. The lowest BCUT2D eigenvalue weighted by molar-refractivity contribution is -0.115. The van der Waals surface area contributed by atoms with Crippen molar-refractivity contribution >= 4 is 28.7 Å². The highest BCUT2D eigenvalue weighted by molar-refractivity contribution is 6.17. The molecule has 31 heavy (non-hydrogen) atoms. The van der Waals surface area contributed by atoms with Gasteiger partial charge in [-0.25, -0.2) is 8.78 Å². The molecule has 0 aromatic heterocycles. The van der Waals surface area contributed by atoms with Crippen LogP contribution in [0.1, 0.15) is 17.5 Å². The molecule has 0 bridgehead atoms. The fourth-order valence-corrected chi connectivity index (χ4v) is 3.53. The topological polar surface area (TPSA) is 68.5 Å². The van der Waals surface area contributed by atoms with Crippen LogP contribution in [0.25, 0.3) is 11.1 Å². The zero-order chi connectivity index (χ0) is 22.1. The third-order valence-corrected chi connectivity index (χ3v) is 5.02. The highest BCUT2D eigenvalue weighted by atomic mass is 19.2. The van der Waals surface area contributed by atoms with Crippen LogP contribution in [0.3, 0.4) is 0 Å². The van der Waals surface area contributed by atoms with Gasteiger partial charge in [0.15, 0.2) is 11.6 Å². The largest absolute Gasteiger partial charge is 0.377 e. The summed E-state index contributed by atoms with van der Waals surface area (Å²) in [5.74, 6) is -2.19. The van der Waals surface area contributed by atoms with Crippen LogP contribution in [0, 0.1) is 23.0 Å². The number of rotatable bonds is 3. The van der Waals surface area contributed by atoms with E-state index >= 15 is 0 Å². The van der Waals surface area contributed by atoms with Crippen LogP contribution >= 0.6 is 0 Å². The van der Waals surface area contributed by atoms with Crippen LogP contribution in [0.4, 0.5) is 25.8 Å². The summed E-state index contributed by atoms with van der Waals surface area (Å²) in [6, 6.07) is 16.3. The van der Waals surface area contributed by atoms with E-state index in [0.29, 0.717) is 39.5 Å². The summed E-state index contributed by atoms with van der Waals surface area (Å²) >= 11 is 0. The number of hydrogen-bond donors (Lipinski definition) is 1. The Balaban J connectivity index is 1.92. The van der Waals surface area contributed by atoms with Crippen molar-refractivity contribution in [2.75, 3.05) is 24.3 Å². The number of anilines is 2. The number of amides is 1. The van der Waals surface area contributed by atoms with E-state index in [2.05, 4.69) is 16.4 Å². The Bertz CT molecular complexity index is 1280. The minimum absolute atomic E-state index is 0.0184. The third-order valence-electron chi connectivity index (χ3n) is 5.02. The van der Waals surface area contributed by atoms with Gasteiger partial charge in [0.1, 0.15) is 0 Å². The van der Waals surface area contributed by atoms with E-state index in [-0.39, 0.29) is 17.9 Å². The van der Waals surface area contributed by atoms with E-state index in [1.54, 1.807) is 55.4 Å². The summed E-state index contributed by atoms with van der Waals surface area (Å²) in [4.78, 5) is 19.0. The number of benzene rings is 3. The van der Waals surface area contributed by atoms with Gasteiger partial charge in [0.25, 0.3) is 0 Å². The average molecular weight is 416 g/mol. The molecule has 3 aromatic carbocycles. The van der Waals surface area contributed by atoms with Gasteiger partial charge in [0, 0.05) is 30.9 Å². The average Bonchev–Trinajstić information content (AvgIpc) is 2.92. The van der Waals surface area contributed by atoms with Gasteiger partial charge >= 0.3 is 0 Å². The second-order valence-electron chi connectivity index (χ2n) is 7.36. The van der Waals surface area contributed by atoms with E-state index in [1.165, 1.54) is 12.1 Å². The lowest BCUT2D eigenvalue weighted by Crippen LogP contribution is -2.15. The van der Waals surface area contributed by atoms with Crippen molar-refractivity contribution in [3.8, 4) is 17.2 Å². The Morgan fingerprint density at radius 1 is 1.06 bits per heavy atom. The number of carbonyl (C=O) groups is 1. The number of hydrogen-bond acceptors (Lipinski definition) is 4. The Morgan fingerprint density at radius 3 is 2.58 bits per heavy atom. The van der Waals surface area contributed by atoms with Crippen LogP contribution in [-0.2, 0) is 4.79 Å². The Kier molecular flexibility index (Phi) is 5.22. The van der Waals surface area contributed by atoms with Crippen molar-refractivity contribution in [2.24, 2.45) is 4.99 Å². The Labute approximate surface area is 178 Å². The number of nitrogens with one attached hydrogen (secondary N) is 1. The fourth-order valence-electron chi connectivity index (χ4n) is 3.53. The molecule has 4 rings (SSSR count). The summed E-state index contributed by atoms with van der Waals surface area (Å²) in [5.41, 5.74) is 3.70. The number of halogens is 2. The summed E-state index contributed by atoms with van der Waals surface area (Å²) in [7, 11) is 3.58. The van der Waals surface area contributed by atoms with E-state index in [9.17, 15) is 18.8 Å². The molecule has 0 atom stereocenters. The van der Waals surface area contributed by atoms with Crippen LogP contribution in [0.2, 0.25) is 0 Å². The summed E-state index contributed by atoms with van der Waals surface area (Å²) in [6.45, 7) is 0. The number of fused-ring (bicyclic) bond motifs is 1. The Hall–Kier alpha value is -4.05. The first-order valence-electron chi connectivity index (χ1n) is 9.55. The molecule has 0 unspecified atom stereocenters. The van der Waals surface area contributed by atoms with Gasteiger partial charge in [-0.2, -0.15) is 5.26 Å². The molecule has 0 spiro atoms. The first kappa shape index (κ1) is 20.2. The van der Waals surface area contributed by atoms with Crippen LogP contribution in [0.15, 0.2) is 59.6 Å². The van der Waals surface area contributed by atoms with Gasteiger partial charge in [-0.15, -0.1) is 0 Å². The second-order valence-corrected chi connectivity index (χ2v) is 7.36. The predicted octanol–water partition coefficient (Wildman–Crippen LogP) is 5.03. The maximum absolute atomic E-state index is 14.5. The molecule has 0 saturated carbocycles. The molecule has 7 heteroatoms. The van der Waals surface area contributed by atoms with E-state index in [0.717, 1.165) is 6.07 Å². The highest BCUT2D eigenvalue weighted by Gasteiger charge is 2.22. The van der Waals surface area contributed by atoms with E-state index in [1.807, 2.05) is 0 Å². The van der Waals surface area contributed by atoms with E-state index < -0.39 is 11.6 Å². The lowest BCUT2D eigenvalue weighted by Gasteiger charge is -2.20. The Morgan fingerprint density at radius 2 is 1.84 bits per heavy atom. The number of aliphatic imine (C=N–C) groups is 1. The zero-order valence-electron chi connectivity index (χ0n) is 16.9. The van der Waals surface area contributed by atoms with Gasteiger partial charge in [-0.1, -0.05) is 24.3 Å². The van der Waals surface area contributed by atoms with Crippen LogP contribution in [-0.4, -0.2) is 25.7 Å². The normalized spacial score (nSPS) is 12.9. The van der Waals surface area contributed by atoms with Crippen molar-refractivity contribution in [1.29, 1.82) is 5.26 Å². The van der Waals surface area contributed by atoms with E-state index in [4.69, 9.17) is 0 Å². The molecule has 1 heterocycles. The zero-order valence-corrected chi connectivity index (χ0v) is 16.9. The maximum Gasteiger partial charge on any atom is 0.230 e. The molecule has 0 saturated heterocycles. The molecule has 3 aromatic rings. The molecule has 1 aliphatic rings. The van der Waals surface area contributed by atoms with Crippen molar-refractivity contribution in [1.82, 2.24) is 0 Å². The van der Waals surface area contributed by atoms with Crippen molar-refractivity contribution in [3.05, 3.63) is 77.4 Å². The number of nitriles is 1. The number of nitrogens with zero attached hydrogens (tertiary/aromatic N) is 3. The summed E-state index contributed by atoms with van der Waals surface area (Å²) in [5, 5.41) is 12.0. The minimum atomic E-state index is -0.956. The van der Waals surface area contributed by atoms with Gasteiger partial charge in [0.2, 0.25) is 5.91 Å². The summed E-state index contributed by atoms with van der Waals surface area (Å²) in [6.07, 6.45) is 0.0184. The highest BCUT2D eigenvalue weighted by Crippen LogP contribution is 2.41. The van der Waals surface area contributed by atoms with Gasteiger partial charge in [0.05, 0.1) is 35.1 Å². The third kappa shape index (κ3) is 3.88. The molecule has 1 N–H and O–H groups in total. The molecule has 0 aliphatic carbocycles. The smallest absolute Gasteiger partial charge is 0.230 e. The molecule has 5 nitrogen and oxygen atoms in total. The molecule has 1 amide bonds. The second kappa shape index (κ2) is 8.00. The van der Waals surface area contributed by atoms with Crippen molar-refractivity contribution < 1.29 is 13.6 Å². The number of carbonyl (C=O) groups excluding carboxylic acids is 1. The lowest BCUT2D eigenvalue weighted by atomic mass is 10.0. The quantitative estimate of drug-likeness (QED) is 0.651. The van der Waals surface area contributed by atoms with Crippen LogP contribution in [0.5, 0.6) is 0 Å². The van der Waals surface area contributed by atoms with Crippen molar-refractivity contribution in [2.45, 2.75) is 6.42 Å². The molecular formula is C24H18F2N4O. The molecule has 0 fully saturated rings. The minimum Gasteiger partial charge on any atom is -0.377 e. The predicted molar refractivity (Wildman–Crippen MR) is 117 cm³/mol.